The average Bonchev–Trinajstić information content (AvgIpc) is 2.49. The van der Waals surface area contributed by atoms with E-state index in [2.05, 4.69) is 5.32 Å². The van der Waals surface area contributed by atoms with Crippen molar-refractivity contribution in [3.8, 4) is 5.75 Å². The first-order valence-electron chi connectivity index (χ1n) is 7.02. The summed E-state index contributed by atoms with van der Waals surface area (Å²) in [6.45, 7) is 1.98. The SMILES string of the molecule is CNCc1ccc(OCCN(C)c2ccccc2F)cc1. The number of para-hydroxylation sites is 1. The highest BCUT2D eigenvalue weighted by Gasteiger charge is 2.06. The lowest BCUT2D eigenvalue weighted by molar-refractivity contribution is 0.325. The molecule has 0 amide bonds. The normalized spacial score (nSPS) is 10.4. The van der Waals surface area contributed by atoms with Gasteiger partial charge in [0.15, 0.2) is 0 Å². The van der Waals surface area contributed by atoms with Crippen LogP contribution in [0.25, 0.3) is 0 Å². The Kier molecular flexibility index (Phi) is 5.58. The van der Waals surface area contributed by atoms with Gasteiger partial charge in [0.25, 0.3) is 0 Å². The van der Waals surface area contributed by atoms with Gasteiger partial charge in [-0.2, -0.15) is 0 Å². The van der Waals surface area contributed by atoms with E-state index in [1.54, 1.807) is 12.1 Å². The lowest BCUT2D eigenvalue weighted by Gasteiger charge is -2.20. The van der Waals surface area contributed by atoms with Crippen molar-refractivity contribution < 1.29 is 9.13 Å². The highest BCUT2D eigenvalue weighted by molar-refractivity contribution is 5.46. The minimum Gasteiger partial charge on any atom is -0.492 e. The number of nitrogens with zero attached hydrogens (tertiary/aromatic N) is 1. The topological polar surface area (TPSA) is 24.5 Å². The van der Waals surface area contributed by atoms with Crippen LogP contribution in [0.5, 0.6) is 5.75 Å². The van der Waals surface area contributed by atoms with Crippen LogP contribution in [-0.2, 0) is 6.54 Å². The van der Waals surface area contributed by atoms with Crippen molar-refractivity contribution in [2.24, 2.45) is 0 Å². The third-order valence-electron chi connectivity index (χ3n) is 3.26. The number of hydrogen-bond acceptors (Lipinski definition) is 3. The summed E-state index contributed by atoms with van der Waals surface area (Å²) in [6, 6.07) is 14.7. The second-order valence-corrected chi connectivity index (χ2v) is 4.90. The molecule has 4 heteroatoms. The second-order valence-electron chi connectivity index (χ2n) is 4.90. The van der Waals surface area contributed by atoms with Gasteiger partial charge in [0.2, 0.25) is 0 Å². The Morgan fingerprint density at radius 1 is 1.10 bits per heavy atom. The van der Waals surface area contributed by atoms with Gasteiger partial charge in [-0.25, -0.2) is 4.39 Å². The molecule has 0 radical (unpaired) electrons. The van der Waals surface area contributed by atoms with Crippen LogP contribution < -0.4 is 15.0 Å². The zero-order valence-corrected chi connectivity index (χ0v) is 12.5. The fourth-order valence-corrected chi connectivity index (χ4v) is 2.09. The number of ether oxygens (including phenoxy) is 1. The van der Waals surface area contributed by atoms with Crippen LogP contribution in [0.2, 0.25) is 0 Å². The van der Waals surface area contributed by atoms with Crippen molar-refractivity contribution in [3.63, 3.8) is 0 Å². The van der Waals surface area contributed by atoms with E-state index >= 15 is 0 Å². The minimum atomic E-state index is -0.212. The van der Waals surface area contributed by atoms with Crippen molar-refractivity contribution in [2.75, 3.05) is 32.1 Å². The number of likely N-dealkylation sites (N-methyl/N-ethyl adjacent to an activating group) is 1. The van der Waals surface area contributed by atoms with E-state index in [-0.39, 0.29) is 5.82 Å². The van der Waals surface area contributed by atoms with Crippen LogP contribution in [0, 0.1) is 5.82 Å². The van der Waals surface area contributed by atoms with Crippen molar-refractivity contribution >= 4 is 5.69 Å². The summed E-state index contributed by atoms with van der Waals surface area (Å²) in [5.74, 6) is 0.619. The predicted molar refractivity (Wildman–Crippen MR) is 84.4 cm³/mol. The first kappa shape index (κ1) is 15.3. The van der Waals surface area contributed by atoms with Gasteiger partial charge >= 0.3 is 0 Å². The molecule has 0 spiro atoms. The van der Waals surface area contributed by atoms with Crippen molar-refractivity contribution in [1.29, 1.82) is 0 Å². The molecular formula is C17H21FN2O. The summed E-state index contributed by atoms with van der Waals surface area (Å²) in [6.07, 6.45) is 0. The fraction of sp³-hybridized carbons (Fsp3) is 0.294. The molecule has 0 heterocycles. The van der Waals surface area contributed by atoms with Crippen LogP contribution in [0.3, 0.4) is 0 Å². The number of hydrogen-bond donors (Lipinski definition) is 1. The molecular weight excluding hydrogens is 267 g/mol. The molecule has 0 aromatic heterocycles. The predicted octanol–water partition coefficient (Wildman–Crippen LogP) is 3.06. The lowest BCUT2D eigenvalue weighted by atomic mass is 10.2. The van der Waals surface area contributed by atoms with Crippen molar-refractivity contribution in [2.45, 2.75) is 6.54 Å². The largest absolute Gasteiger partial charge is 0.492 e. The third-order valence-corrected chi connectivity index (χ3v) is 3.26. The number of rotatable bonds is 7. The van der Waals surface area contributed by atoms with Gasteiger partial charge in [-0.1, -0.05) is 24.3 Å². The molecule has 1 N–H and O–H groups in total. The Bertz CT molecular complexity index is 557. The number of halogens is 1. The smallest absolute Gasteiger partial charge is 0.146 e. The molecule has 0 saturated heterocycles. The molecule has 0 saturated carbocycles. The van der Waals surface area contributed by atoms with Gasteiger partial charge in [0.05, 0.1) is 12.2 Å². The van der Waals surface area contributed by atoms with E-state index in [9.17, 15) is 4.39 Å². The number of anilines is 1. The van der Waals surface area contributed by atoms with E-state index in [1.807, 2.05) is 49.3 Å². The highest BCUT2D eigenvalue weighted by Crippen LogP contribution is 2.17. The molecule has 21 heavy (non-hydrogen) atoms. The zero-order chi connectivity index (χ0) is 15.1. The van der Waals surface area contributed by atoms with Crippen LogP contribution in [0.4, 0.5) is 10.1 Å². The Morgan fingerprint density at radius 2 is 1.81 bits per heavy atom. The van der Waals surface area contributed by atoms with E-state index in [0.29, 0.717) is 18.8 Å². The van der Waals surface area contributed by atoms with Crippen molar-refractivity contribution in [3.05, 3.63) is 59.9 Å². The summed E-state index contributed by atoms with van der Waals surface area (Å²) in [7, 11) is 3.78. The first-order valence-corrected chi connectivity index (χ1v) is 7.02. The van der Waals surface area contributed by atoms with E-state index in [0.717, 1.165) is 12.3 Å². The molecule has 0 fully saturated rings. The molecule has 0 aliphatic heterocycles. The molecule has 0 bridgehead atoms. The maximum atomic E-state index is 13.6. The molecule has 2 aromatic rings. The van der Waals surface area contributed by atoms with Gasteiger partial charge in [-0.15, -0.1) is 0 Å². The molecule has 3 nitrogen and oxygen atoms in total. The van der Waals surface area contributed by atoms with Gasteiger partial charge in [0.1, 0.15) is 18.2 Å². The zero-order valence-electron chi connectivity index (χ0n) is 12.5. The Balaban J connectivity index is 1.82. The molecule has 0 aliphatic carbocycles. The first-order chi connectivity index (χ1) is 10.2. The van der Waals surface area contributed by atoms with Crippen LogP contribution in [0.1, 0.15) is 5.56 Å². The van der Waals surface area contributed by atoms with Gasteiger partial charge in [-0.05, 0) is 36.9 Å². The summed E-state index contributed by atoms with van der Waals surface area (Å²) in [4.78, 5) is 1.85. The quantitative estimate of drug-likeness (QED) is 0.847. The summed E-state index contributed by atoms with van der Waals surface area (Å²) < 4.78 is 19.3. The van der Waals surface area contributed by atoms with Crippen LogP contribution in [-0.4, -0.2) is 27.2 Å². The molecule has 0 atom stereocenters. The summed E-state index contributed by atoms with van der Waals surface area (Å²) >= 11 is 0. The number of nitrogens with one attached hydrogen (secondary N) is 1. The maximum absolute atomic E-state index is 13.6. The van der Waals surface area contributed by atoms with E-state index in [1.165, 1.54) is 11.6 Å². The minimum absolute atomic E-state index is 0.212. The van der Waals surface area contributed by atoms with Crippen LogP contribution >= 0.6 is 0 Å². The lowest BCUT2D eigenvalue weighted by Crippen LogP contribution is -2.24. The molecule has 112 valence electrons. The number of benzene rings is 2. The van der Waals surface area contributed by atoms with E-state index in [4.69, 9.17) is 4.74 Å². The molecule has 0 aliphatic rings. The fourth-order valence-electron chi connectivity index (χ4n) is 2.09. The molecule has 2 aromatic carbocycles. The van der Waals surface area contributed by atoms with Crippen molar-refractivity contribution in [1.82, 2.24) is 5.32 Å². The Morgan fingerprint density at radius 3 is 2.48 bits per heavy atom. The van der Waals surface area contributed by atoms with Crippen LogP contribution in [0.15, 0.2) is 48.5 Å². The maximum Gasteiger partial charge on any atom is 0.146 e. The second kappa shape index (κ2) is 7.64. The summed E-state index contributed by atoms with van der Waals surface area (Å²) in [5, 5.41) is 3.10. The Labute approximate surface area is 125 Å². The van der Waals surface area contributed by atoms with Gasteiger partial charge in [-0.3, -0.25) is 0 Å². The molecule has 0 unspecified atom stereocenters. The van der Waals surface area contributed by atoms with Gasteiger partial charge in [0, 0.05) is 13.6 Å². The average molecular weight is 288 g/mol. The highest BCUT2D eigenvalue weighted by atomic mass is 19.1. The van der Waals surface area contributed by atoms with Gasteiger partial charge < -0.3 is 15.0 Å². The summed E-state index contributed by atoms with van der Waals surface area (Å²) in [5.41, 5.74) is 1.80. The molecule has 2 rings (SSSR count). The Hall–Kier alpha value is -2.07. The van der Waals surface area contributed by atoms with E-state index < -0.39 is 0 Å². The monoisotopic (exact) mass is 288 g/mol. The third kappa shape index (κ3) is 4.46. The standard InChI is InChI=1S/C17H21FN2O/c1-19-13-14-7-9-15(10-8-14)21-12-11-20(2)17-6-4-3-5-16(17)18/h3-10,19H,11-13H2,1-2H3.